The van der Waals surface area contributed by atoms with Crippen molar-refractivity contribution in [2.24, 2.45) is 0 Å². The van der Waals surface area contributed by atoms with Crippen LogP contribution in [0, 0.1) is 0 Å². The third-order valence-corrected chi connectivity index (χ3v) is 6.17. The Hall–Kier alpha value is -2.64. The summed E-state index contributed by atoms with van der Waals surface area (Å²) in [6.07, 6.45) is 4.93. The third-order valence-electron chi connectivity index (χ3n) is 5.61. The number of anilines is 1. The van der Waals surface area contributed by atoms with Crippen molar-refractivity contribution >= 4 is 40.9 Å². The lowest BCUT2D eigenvalue weighted by molar-refractivity contribution is -0.135. The van der Waals surface area contributed by atoms with Gasteiger partial charge in [-0.05, 0) is 49.1 Å². The van der Waals surface area contributed by atoms with Gasteiger partial charge in [-0.3, -0.25) is 9.69 Å². The lowest BCUT2D eigenvalue weighted by Gasteiger charge is -2.28. The van der Waals surface area contributed by atoms with Crippen molar-refractivity contribution in [3.63, 3.8) is 0 Å². The predicted molar refractivity (Wildman–Crippen MR) is 129 cm³/mol. The topological polar surface area (TPSA) is 99.1 Å². The minimum atomic E-state index is -1.16. The smallest absolute Gasteiger partial charge is 0.323 e. The number of aromatic hydroxyl groups is 1. The first-order valence-electron chi connectivity index (χ1n) is 10.9. The van der Waals surface area contributed by atoms with E-state index in [9.17, 15) is 19.8 Å². The maximum absolute atomic E-state index is 12.9. The van der Waals surface area contributed by atoms with E-state index in [-0.39, 0.29) is 39.2 Å². The number of carbonyl (C=O) groups excluding carboxylic acids is 1. The minimum absolute atomic E-state index is 0.0146. The molecule has 1 aliphatic rings. The molecule has 0 spiro atoms. The molecule has 2 aromatic rings. The Balaban J connectivity index is 1.86. The summed E-state index contributed by atoms with van der Waals surface area (Å²) in [6.45, 7) is 3.35. The molecule has 0 aromatic heterocycles. The van der Waals surface area contributed by atoms with Gasteiger partial charge in [0.25, 0.3) is 0 Å². The van der Waals surface area contributed by atoms with Crippen LogP contribution in [0.3, 0.4) is 0 Å². The summed E-state index contributed by atoms with van der Waals surface area (Å²) >= 11 is 12.9. The van der Waals surface area contributed by atoms with Gasteiger partial charge in [-0.25, -0.2) is 4.79 Å². The van der Waals surface area contributed by atoms with Crippen molar-refractivity contribution < 1.29 is 24.5 Å². The van der Waals surface area contributed by atoms with Crippen molar-refractivity contribution in [3.8, 4) is 17.2 Å². The molecule has 9 heteroatoms. The van der Waals surface area contributed by atoms with Crippen LogP contribution < -0.4 is 15.0 Å². The Morgan fingerprint density at radius 1 is 1.12 bits per heavy atom. The number of phenolic OH excluding ortho intramolecular Hbond substituents is 1. The number of urea groups is 1. The van der Waals surface area contributed by atoms with E-state index < -0.39 is 18.5 Å². The average Bonchev–Trinajstić information content (AvgIpc) is 2.75. The summed E-state index contributed by atoms with van der Waals surface area (Å²) in [5.41, 5.74) is 0.963. The van der Waals surface area contributed by atoms with Gasteiger partial charge in [0.1, 0.15) is 18.0 Å². The highest BCUT2D eigenvalue weighted by atomic mass is 35.5. The first kappa shape index (κ1) is 25.0. The highest BCUT2D eigenvalue weighted by Gasteiger charge is 2.25. The van der Waals surface area contributed by atoms with Crippen LogP contribution in [-0.2, 0) is 4.79 Å². The van der Waals surface area contributed by atoms with Gasteiger partial charge in [-0.15, -0.1) is 0 Å². The summed E-state index contributed by atoms with van der Waals surface area (Å²) in [7, 11) is 0. The van der Waals surface area contributed by atoms with Gasteiger partial charge in [0.2, 0.25) is 0 Å². The number of aliphatic carboxylic acids is 1. The summed E-state index contributed by atoms with van der Waals surface area (Å²) in [5.74, 6) is -0.310. The number of halogens is 2. The van der Waals surface area contributed by atoms with E-state index in [0.29, 0.717) is 11.3 Å². The Morgan fingerprint density at radius 2 is 1.76 bits per heavy atom. The van der Waals surface area contributed by atoms with Gasteiger partial charge >= 0.3 is 12.0 Å². The maximum Gasteiger partial charge on any atom is 0.323 e. The SMILES string of the molecule is CC(C)c1cc(Oc2c(Cl)cc(N(CC(=O)O)C(=O)NC3CCCCC3)cc2Cl)ccc1O. The van der Waals surface area contributed by atoms with E-state index in [1.807, 2.05) is 13.8 Å². The van der Waals surface area contributed by atoms with Gasteiger partial charge in [0, 0.05) is 17.3 Å². The van der Waals surface area contributed by atoms with Crippen LogP contribution in [0.25, 0.3) is 0 Å². The fraction of sp³-hybridized carbons (Fsp3) is 0.417. The summed E-state index contributed by atoms with van der Waals surface area (Å²) < 4.78 is 5.87. The molecule has 0 radical (unpaired) electrons. The highest BCUT2D eigenvalue weighted by Crippen LogP contribution is 2.41. The van der Waals surface area contributed by atoms with Crippen LogP contribution in [0.4, 0.5) is 10.5 Å². The number of rotatable bonds is 7. The molecule has 178 valence electrons. The molecule has 7 nitrogen and oxygen atoms in total. The number of carbonyl (C=O) groups is 2. The van der Waals surface area contributed by atoms with Crippen molar-refractivity contribution in [3.05, 3.63) is 45.9 Å². The number of hydrogen-bond acceptors (Lipinski definition) is 4. The number of carboxylic acid groups (broad SMARTS) is 1. The van der Waals surface area contributed by atoms with E-state index in [1.54, 1.807) is 12.1 Å². The monoisotopic (exact) mass is 494 g/mol. The van der Waals surface area contributed by atoms with Crippen LogP contribution in [0.1, 0.15) is 57.4 Å². The Bertz CT molecular complexity index is 999. The van der Waals surface area contributed by atoms with Gasteiger partial charge in [-0.1, -0.05) is 56.3 Å². The second kappa shape index (κ2) is 11.0. The zero-order valence-electron chi connectivity index (χ0n) is 18.6. The van der Waals surface area contributed by atoms with Gasteiger partial charge < -0.3 is 20.3 Å². The number of carboxylic acids is 1. The second-order valence-electron chi connectivity index (χ2n) is 8.48. The zero-order valence-corrected chi connectivity index (χ0v) is 20.1. The van der Waals surface area contributed by atoms with Crippen LogP contribution in [0.15, 0.2) is 30.3 Å². The molecule has 3 N–H and O–H groups in total. The van der Waals surface area contributed by atoms with Gasteiger partial charge in [0.15, 0.2) is 5.75 Å². The molecule has 0 atom stereocenters. The summed E-state index contributed by atoms with van der Waals surface area (Å²) in [5, 5.41) is 22.5. The quantitative estimate of drug-likeness (QED) is 0.405. The van der Waals surface area contributed by atoms with E-state index in [4.69, 9.17) is 27.9 Å². The number of benzene rings is 2. The van der Waals surface area contributed by atoms with Gasteiger partial charge in [0.05, 0.1) is 10.0 Å². The summed E-state index contributed by atoms with van der Waals surface area (Å²) in [4.78, 5) is 25.4. The van der Waals surface area contributed by atoms with Crippen LogP contribution in [-0.4, -0.2) is 34.8 Å². The number of nitrogens with zero attached hydrogens (tertiary/aromatic N) is 1. The molecular formula is C24H28Cl2N2O5. The Morgan fingerprint density at radius 3 is 2.33 bits per heavy atom. The molecular weight excluding hydrogens is 467 g/mol. The largest absolute Gasteiger partial charge is 0.508 e. The minimum Gasteiger partial charge on any atom is -0.508 e. The molecule has 1 saturated carbocycles. The van der Waals surface area contributed by atoms with E-state index in [0.717, 1.165) is 37.0 Å². The van der Waals surface area contributed by atoms with E-state index in [2.05, 4.69) is 5.32 Å². The standard InChI is InChI=1S/C24H28Cl2N2O5/c1-14(2)18-12-17(8-9-21(18)29)33-23-19(25)10-16(11-20(23)26)28(13-22(30)31)24(32)27-15-6-4-3-5-7-15/h8-12,14-15,29H,3-7,13H2,1-2H3,(H,27,32)(H,30,31). The van der Waals surface area contributed by atoms with Gasteiger partial charge in [-0.2, -0.15) is 0 Å². The molecule has 0 aliphatic heterocycles. The zero-order chi connectivity index (χ0) is 24.1. The number of nitrogens with one attached hydrogen (secondary N) is 1. The molecule has 0 bridgehead atoms. The first-order chi connectivity index (χ1) is 15.7. The second-order valence-corrected chi connectivity index (χ2v) is 9.29. The molecule has 2 amide bonds. The Kier molecular flexibility index (Phi) is 8.32. The van der Waals surface area contributed by atoms with E-state index >= 15 is 0 Å². The van der Waals surface area contributed by atoms with Crippen LogP contribution >= 0.6 is 23.2 Å². The number of amides is 2. The Labute approximate surface area is 203 Å². The van der Waals surface area contributed by atoms with Crippen LogP contribution in [0.2, 0.25) is 10.0 Å². The predicted octanol–water partition coefficient (Wildman–Crippen LogP) is 6.55. The molecule has 33 heavy (non-hydrogen) atoms. The summed E-state index contributed by atoms with van der Waals surface area (Å²) in [6, 6.07) is 7.24. The highest BCUT2D eigenvalue weighted by molar-refractivity contribution is 6.37. The number of phenols is 1. The van der Waals surface area contributed by atoms with Crippen molar-refractivity contribution in [2.75, 3.05) is 11.4 Å². The lowest BCUT2D eigenvalue weighted by Crippen LogP contribution is -2.47. The normalized spacial score (nSPS) is 14.2. The molecule has 3 rings (SSSR count). The van der Waals surface area contributed by atoms with Crippen molar-refractivity contribution in [1.82, 2.24) is 5.32 Å². The molecule has 2 aromatic carbocycles. The first-order valence-corrected chi connectivity index (χ1v) is 11.7. The van der Waals surface area contributed by atoms with E-state index in [1.165, 1.54) is 18.2 Å². The fourth-order valence-corrected chi connectivity index (χ4v) is 4.44. The maximum atomic E-state index is 12.9. The average molecular weight is 495 g/mol. The molecule has 0 heterocycles. The van der Waals surface area contributed by atoms with Crippen molar-refractivity contribution in [2.45, 2.75) is 57.9 Å². The molecule has 0 saturated heterocycles. The lowest BCUT2D eigenvalue weighted by atomic mass is 9.96. The third kappa shape index (κ3) is 6.45. The molecule has 0 unspecified atom stereocenters. The molecule has 1 fully saturated rings. The van der Waals surface area contributed by atoms with Crippen LogP contribution in [0.5, 0.6) is 17.2 Å². The number of hydrogen-bond donors (Lipinski definition) is 3. The fourth-order valence-electron chi connectivity index (χ4n) is 3.89. The van der Waals surface area contributed by atoms with Crippen molar-refractivity contribution in [1.29, 1.82) is 0 Å². The molecule has 1 aliphatic carbocycles. The number of ether oxygens (including phenoxy) is 1.